The lowest BCUT2D eigenvalue weighted by molar-refractivity contribution is 0.302. The van der Waals surface area contributed by atoms with Crippen LogP contribution in [0, 0.1) is 5.82 Å². The van der Waals surface area contributed by atoms with E-state index in [2.05, 4.69) is 23.5 Å². The Hall–Kier alpha value is -2.88. The molecule has 0 atom stereocenters. The summed E-state index contributed by atoms with van der Waals surface area (Å²) in [5.41, 5.74) is 3.16. The van der Waals surface area contributed by atoms with Gasteiger partial charge < -0.3 is 10.1 Å². The van der Waals surface area contributed by atoms with Crippen LogP contribution in [0.3, 0.4) is 0 Å². The molecule has 4 aromatic rings. The van der Waals surface area contributed by atoms with Crippen LogP contribution >= 0.6 is 11.6 Å². The molecule has 1 N–H and O–H groups in total. The highest BCUT2D eigenvalue weighted by Gasteiger charge is 2.09. The minimum absolute atomic E-state index is 0.223. The second-order valence-corrected chi connectivity index (χ2v) is 7.35. The number of hydrogen-bond donors (Lipinski definition) is 1. The highest BCUT2D eigenvalue weighted by Crippen LogP contribution is 2.29. The Labute approximate surface area is 174 Å². The van der Waals surface area contributed by atoms with Crippen LogP contribution in [0.2, 0.25) is 5.02 Å². The SMILES string of the molecule is Fc1ccc(CNCc2c(OCc3cccc(Cl)c3)ccc3ccccc23)cc1. The molecule has 4 heteroatoms. The van der Waals surface area contributed by atoms with E-state index in [1.807, 2.05) is 42.5 Å². The highest BCUT2D eigenvalue weighted by molar-refractivity contribution is 6.30. The van der Waals surface area contributed by atoms with Gasteiger partial charge in [-0.15, -0.1) is 0 Å². The summed E-state index contributed by atoms with van der Waals surface area (Å²) in [7, 11) is 0. The van der Waals surface area contributed by atoms with E-state index in [1.54, 1.807) is 12.1 Å². The van der Waals surface area contributed by atoms with Crippen LogP contribution in [0.25, 0.3) is 10.8 Å². The van der Waals surface area contributed by atoms with Crippen LogP contribution < -0.4 is 10.1 Å². The number of fused-ring (bicyclic) bond motifs is 1. The molecule has 0 aliphatic heterocycles. The first-order chi connectivity index (χ1) is 14.2. The maximum absolute atomic E-state index is 13.1. The molecule has 0 saturated carbocycles. The molecule has 2 nitrogen and oxygen atoms in total. The first-order valence-electron chi connectivity index (χ1n) is 9.52. The van der Waals surface area contributed by atoms with Gasteiger partial charge in [0.05, 0.1) is 0 Å². The Morgan fingerprint density at radius 2 is 1.62 bits per heavy atom. The summed E-state index contributed by atoms with van der Waals surface area (Å²) >= 11 is 6.08. The summed E-state index contributed by atoms with van der Waals surface area (Å²) in [6.45, 7) is 1.74. The number of ether oxygens (including phenoxy) is 1. The number of halogens is 2. The predicted octanol–water partition coefficient (Wildman–Crippen LogP) is 6.50. The first kappa shape index (κ1) is 19.4. The van der Waals surface area contributed by atoms with Gasteiger partial charge in [-0.25, -0.2) is 4.39 Å². The van der Waals surface area contributed by atoms with Crippen LogP contribution in [0.4, 0.5) is 4.39 Å². The number of benzene rings is 4. The molecule has 29 heavy (non-hydrogen) atoms. The van der Waals surface area contributed by atoms with Crippen LogP contribution in [0.15, 0.2) is 84.9 Å². The van der Waals surface area contributed by atoms with Crippen LogP contribution in [0.1, 0.15) is 16.7 Å². The topological polar surface area (TPSA) is 21.3 Å². The van der Waals surface area contributed by atoms with E-state index in [9.17, 15) is 4.39 Å². The molecule has 0 radical (unpaired) electrons. The zero-order valence-corrected chi connectivity index (χ0v) is 16.6. The van der Waals surface area contributed by atoms with E-state index in [0.29, 0.717) is 24.7 Å². The van der Waals surface area contributed by atoms with Crippen molar-refractivity contribution in [3.05, 3.63) is 112 Å². The van der Waals surface area contributed by atoms with Crippen molar-refractivity contribution in [3.63, 3.8) is 0 Å². The smallest absolute Gasteiger partial charge is 0.124 e. The molecule has 0 saturated heterocycles. The lowest BCUT2D eigenvalue weighted by Crippen LogP contribution is -2.14. The van der Waals surface area contributed by atoms with Gasteiger partial charge in [-0.1, -0.05) is 66.2 Å². The van der Waals surface area contributed by atoms with Crippen molar-refractivity contribution in [1.29, 1.82) is 0 Å². The zero-order chi connectivity index (χ0) is 20.1. The first-order valence-corrected chi connectivity index (χ1v) is 9.90. The second kappa shape index (κ2) is 9.08. The highest BCUT2D eigenvalue weighted by atomic mass is 35.5. The third kappa shape index (κ3) is 4.94. The molecule has 0 aliphatic carbocycles. The van der Waals surface area contributed by atoms with Gasteiger partial charge in [-0.05, 0) is 52.2 Å². The van der Waals surface area contributed by atoms with Gasteiger partial charge in [0.1, 0.15) is 18.2 Å². The molecule has 4 aromatic carbocycles. The van der Waals surface area contributed by atoms with Crippen molar-refractivity contribution in [3.8, 4) is 5.75 Å². The van der Waals surface area contributed by atoms with Crippen molar-refractivity contribution < 1.29 is 9.13 Å². The quantitative estimate of drug-likeness (QED) is 0.379. The van der Waals surface area contributed by atoms with Gasteiger partial charge in [0.25, 0.3) is 0 Å². The third-order valence-corrected chi connectivity index (χ3v) is 5.06. The van der Waals surface area contributed by atoms with Gasteiger partial charge in [0.15, 0.2) is 0 Å². The fourth-order valence-corrected chi connectivity index (χ4v) is 3.57. The van der Waals surface area contributed by atoms with E-state index in [1.165, 1.54) is 17.5 Å². The maximum Gasteiger partial charge on any atom is 0.124 e. The Kier molecular flexibility index (Phi) is 6.09. The average Bonchev–Trinajstić information content (AvgIpc) is 2.74. The summed E-state index contributed by atoms with van der Waals surface area (Å²) in [5.74, 6) is 0.620. The number of rotatable bonds is 7. The summed E-state index contributed by atoms with van der Waals surface area (Å²) in [6, 6.07) is 26.6. The normalized spacial score (nSPS) is 11.0. The Morgan fingerprint density at radius 3 is 2.45 bits per heavy atom. The van der Waals surface area contributed by atoms with Crippen molar-refractivity contribution in [2.45, 2.75) is 19.7 Å². The van der Waals surface area contributed by atoms with Crippen LogP contribution in [-0.4, -0.2) is 0 Å². The van der Waals surface area contributed by atoms with Gasteiger partial charge in [-0.3, -0.25) is 0 Å². The predicted molar refractivity (Wildman–Crippen MR) is 117 cm³/mol. The summed E-state index contributed by atoms with van der Waals surface area (Å²) in [6.07, 6.45) is 0. The molecule has 0 heterocycles. The summed E-state index contributed by atoms with van der Waals surface area (Å²) in [4.78, 5) is 0. The van der Waals surface area contributed by atoms with Crippen LogP contribution in [-0.2, 0) is 19.7 Å². The largest absolute Gasteiger partial charge is 0.489 e. The van der Waals surface area contributed by atoms with Crippen molar-refractivity contribution in [2.24, 2.45) is 0 Å². The van der Waals surface area contributed by atoms with Gasteiger partial charge >= 0.3 is 0 Å². The Morgan fingerprint density at radius 1 is 0.793 bits per heavy atom. The second-order valence-electron chi connectivity index (χ2n) is 6.91. The molecule has 0 aliphatic rings. The van der Waals surface area contributed by atoms with Crippen molar-refractivity contribution in [1.82, 2.24) is 5.32 Å². The average molecular weight is 406 g/mol. The van der Waals surface area contributed by atoms with E-state index in [4.69, 9.17) is 16.3 Å². The molecule has 0 spiro atoms. The molecule has 4 rings (SSSR count). The molecule has 0 bridgehead atoms. The molecule has 0 fully saturated rings. The molecule has 0 aromatic heterocycles. The number of hydrogen-bond acceptors (Lipinski definition) is 2. The summed E-state index contributed by atoms with van der Waals surface area (Å²) < 4.78 is 19.3. The van der Waals surface area contributed by atoms with Gasteiger partial charge in [0, 0.05) is 23.7 Å². The zero-order valence-electron chi connectivity index (χ0n) is 15.9. The van der Waals surface area contributed by atoms with Crippen molar-refractivity contribution >= 4 is 22.4 Å². The van der Waals surface area contributed by atoms with Gasteiger partial charge in [-0.2, -0.15) is 0 Å². The van der Waals surface area contributed by atoms with E-state index in [-0.39, 0.29) is 5.82 Å². The lowest BCUT2D eigenvalue weighted by Gasteiger charge is -2.15. The molecular weight excluding hydrogens is 385 g/mol. The standard InChI is InChI=1S/C25H21ClFNO/c26-21-6-3-4-19(14-21)17-29-25-13-10-20-5-1-2-7-23(20)24(25)16-28-15-18-8-11-22(27)12-9-18/h1-14,28H,15-17H2. The monoisotopic (exact) mass is 405 g/mol. The van der Waals surface area contributed by atoms with E-state index in [0.717, 1.165) is 27.8 Å². The Balaban J connectivity index is 1.54. The molecule has 0 unspecified atom stereocenters. The molecule has 146 valence electrons. The lowest BCUT2D eigenvalue weighted by atomic mass is 10.0. The molecule has 0 amide bonds. The molecular formula is C25H21ClFNO. The fraction of sp³-hybridized carbons (Fsp3) is 0.120. The fourth-order valence-electron chi connectivity index (χ4n) is 3.36. The summed E-state index contributed by atoms with van der Waals surface area (Å²) in [5, 5.41) is 6.48. The maximum atomic E-state index is 13.1. The van der Waals surface area contributed by atoms with Gasteiger partial charge in [0.2, 0.25) is 0 Å². The van der Waals surface area contributed by atoms with E-state index >= 15 is 0 Å². The minimum atomic E-state index is -0.223. The van der Waals surface area contributed by atoms with Crippen molar-refractivity contribution in [2.75, 3.05) is 0 Å². The Bertz CT molecular complexity index is 1110. The van der Waals surface area contributed by atoms with Crippen LogP contribution in [0.5, 0.6) is 5.75 Å². The van der Waals surface area contributed by atoms with E-state index < -0.39 is 0 Å². The number of nitrogens with one attached hydrogen (secondary N) is 1. The minimum Gasteiger partial charge on any atom is -0.489 e. The third-order valence-electron chi connectivity index (χ3n) is 4.83.